The van der Waals surface area contributed by atoms with Crippen LogP contribution in [0.15, 0.2) is 59.9 Å². The van der Waals surface area contributed by atoms with Gasteiger partial charge in [-0.3, -0.25) is 9.20 Å². The molecule has 2 aromatic carbocycles. The van der Waals surface area contributed by atoms with Crippen molar-refractivity contribution in [3.8, 4) is 0 Å². The second-order valence-corrected chi connectivity index (χ2v) is 6.68. The summed E-state index contributed by atoms with van der Waals surface area (Å²) in [7, 11) is 0. The van der Waals surface area contributed by atoms with Gasteiger partial charge in [-0.2, -0.15) is 0 Å². The molecule has 4 rings (SSSR count). The number of hydrogen-bond donors (Lipinski definition) is 1. The summed E-state index contributed by atoms with van der Waals surface area (Å²) in [5, 5.41) is 12.1. The van der Waals surface area contributed by atoms with Crippen LogP contribution < -0.4 is 5.32 Å². The van der Waals surface area contributed by atoms with Gasteiger partial charge in [0, 0.05) is 10.7 Å². The Labute approximate surface area is 152 Å². The van der Waals surface area contributed by atoms with E-state index in [1.807, 2.05) is 28.7 Å². The minimum absolute atomic E-state index is 0.139. The second-order valence-electron chi connectivity index (χ2n) is 5.28. The lowest BCUT2D eigenvalue weighted by Crippen LogP contribution is -2.14. The van der Waals surface area contributed by atoms with E-state index in [1.54, 1.807) is 30.6 Å². The predicted molar refractivity (Wildman–Crippen MR) is 99.1 cm³/mol. The van der Waals surface area contributed by atoms with Crippen molar-refractivity contribution >= 4 is 51.6 Å². The van der Waals surface area contributed by atoms with Crippen LogP contribution in [0.4, 0.5) is 5.69 Å². The van der Waals surface area contributed by atoms with Crippen LogP contribution >= 0.6 is 23.4 Å². The lowest BCUT2D eigenvalue weighted by atomic mass is 10.3. The lowest BCUT2D eigenvalue weighted by molar-refractivity contribution is -0.113. The summed E-state index contributed by atoms with van der Waals surface area (Å²) in [6.45, 7) is 0. The smallest absolute Gasteiger partial charge is 0.234 e. The van der Waals surface area contributed by atoms with E-state index in [-0.39, 0.29) is 11.7 Å². The normalized spacial score (nSPS) is 11.1. The Bertz CT molecular complexity index is 1080. The lowest BCUT2D eigenvalue weighted by Gasteiger charge is -2.07. The van der Waals surface area contributed by atoms with Crippen molar-refractivity contribution in [3.63, 3.8) is 0 Å². The third-order valence-electron chi connectivity index (χ3n) is 3.55. The summed E-state index contributed by atoms with van der Waals surface area (Å²) < 4.78 is 1.87. The molecule has 4 aromatic rings. The average Bonchev–Trinajstić information content (AvgIpc) is 3.10. The molecule has 0 unspecified atom stereocenters. The van der Waals surface area contributed by atoms with Crippen LogP contribution in [0, 0.1) is 0 Å². The van der Waals surface area contributed by atoms with Gasteiger partial charge in [0.15, 0.2) is 5.65 Å². The molecule has 0 spiro atoms. The third-order valence-corrected chi connectivity index (χ3v) is 4.74. The number of nitrogens with one attached hydrogen (secondary N) is 1. The number of para-hydroxylation sites is 2. The highest BCUT2D eigenvalue weighted by Crippen LogP contribution is 2.24. The van der Waals surface area contributed by atoms with Crippen molar-refractivity contribution in [3.05, 3.63) is 59.9 Å². The zero-order valence-corrected chi connectivity index (χ0v) is 14.5. The minimum Gasteiger partial charge on any atom is -0.325 e. The Morgan fingerprint density at radius 2 is 2.08 bits per heavy atom. The molecule has 1 N–H and O–H groups in total. The number of halogens is 1. The van der Waals surface area contributed by atoms with Crippen molar-refractivity contribution in [2.24, 2.45) is 0 Å². The number of nitrogens with zero attached hydrogens (tertiary/aromatic N) is 4. The Hall–Kier alpha value is -2.64. The molecule has 0 aliphatic rings. The first-order valence-electron chi connectivity index (χ1n) is 7.47. The molecule has 0 atom stereocenters. The van der Waals surface area contributed by atoms with Crippen LogP contribution in [0.5, 0.6) is 0 Å². The molecule has 0 saturated heterocycles. The van der Waals surface area contributed by atoms with Crippen LogP contribution in [0.25, 0.3) is 16.7 Å². The van der Waals surface area contributed by atoms with Crippen LogP contribution in [0.1, 0.15) is 0 Å². The summed E-state index contributed by atoms with van der Waals surface area (Å²) in [6, 6.07) is 14.8. The molecular formula is C17H12ClN5OS. The molecule has 0 fully saturated rings. The third kappa shape index (κ3) is 3.29. The maximum absolute atomic E-state index is 12.2. The number of rotatable bonds is 4. The van der Waals surface area contributed by atoms with Gasteiger partial charge in [0.2, 0.25) is 5.91 Å². The summed E-state index contributed by atoms with van der Waals surface area (Å²) in [5.41, 5.74) is 3.05. The fraction of sp³-hybridized carbons (Fsp3) is 0.0588. The van der Waals surface area contributed by atoms with Crippen LogP contribution in [0.2, 0.25) is 5.02 Å². The molecule has 1 amide bonds. The number of hydrogen-bond acceptors (Lipinski definition) is 5. The number of amides is 1. The van der Waals surface area contributed by atoms with Gasteiger partial charge in [-0.05, 0) is 30.3 Å². The van der Waals surface area contributed by atoms with E-state index < -0.39 is 0 Å². The first-order valence-corrected chi connectivity index (χ1v) is 8.84. The van der Waals surface area contributed by atoms with Crippen molar-refractivity contribution in [1.29, 1.82) is 0 Å². The molecule has 2 aromatic heterocycles. The number of fused-ring (bicyclic) bond motifs is 3. The Morgan fingerprint density at radius 3 is 2.96 bits per heavy atom. The Morgan fingerprint density at radius 1 is 1.20 bits per heavy atom. The standard InChI is InChI=1S/C17H12ClN5OS/c18-11-4-3-5-12(8-11)20-15(24)9-25-17-16-22-19-10-23(16)14-7-2-1-6-13(14)21-17/h1-8,10H,9H2,(H,20,24). The highest BCUT2D eigenvalue weighted by molar-refractivity contribution is 8.00. The Kier molecular flexibility index (Phi) is 4.25. The molecule has 0 aliphatic carbocycles. The van der Waals surface area contributed by atoms with Gasteiger partial charge in [-0.15, -0.1) is 10.2 Å². The molecule has 0 saturated carbocycles. The fourth-order valence-corrected chi connectivity index (χ4v) is 3.43. The van der Waals surface area contributed by atoms with Gasteiger partial charge in [-0.1, -0.05) is 41.6 Å². The molecule has 6 nitrogen and oxygen atoms in total. The maximum atomic E-state index is 12.2. The van der Waals surface area contributed by atoms with Gasteiger partial charge in [0.05, 0.1) is 16.8 Å². The van der Waals surface area contributed by atoms with E-state index in [0.29, 0.717) is 21.4 Å². The zero-order valence-electron chi connectivity index (χ0n) is 12.9. The minimum atomic E-state index is -0.139. The van der Waals surface area contributed by atoms with Gasteiger partial charge in [0.25, 0.3) is 0 Å². The van der Waals surface area contributed by atoms with E-state index in [4.69, 9.17) is 11.6 Å². The topological polar surface area (TPSA) is 72.2 Å². The van der Waals surface area contributed by atoms with Gasteiger partial charge in [-0.25, -0.2) is 4.98 Å². The monoisotopic (exact) mass is 369 g/mol. The largest absolute Gasteiger partial charge is 0.325 e. The van der Waals surface area contributed by atoms with Crippen LogP contribution in [-0.4, -0.2) is 31.2 Å². The van der Waals surface area contributed by atoms with E-state index in [9.17, 15) is 4.79 Å². The van der Waals surface area contributed by atoms with E-state index in [2.05, 4.69) is 20.5 Å². The summed E-state index contributed by atoms with van der Waals surface area (Å²) in [6.07, 6.45) is 1.65. The summed E-state index contributed by atoms with van der Waals surface area (Å²) in [4.78, 5) is 16.8. The highest BCUT2D eigenvalue weighted by Gasteiger charge is 2.12. The highest BCUT2D eigenvalue weighted by atomic mass is 35.5. The Balaban J connectivity index is 1.56. The quantitative estimate of drug-likeness (QED) is 0.556. The van der Waals surface area contributed by atoms with Crippen molar-refractivity contribution in [2.75, 3.05) is 11.1 Å². The molecule has 0 radical (unpaired) electrons. The van der Waals surface area contributed by atoms with Gasteiger partial charge >= 0.3 is 0 Å². The average molecular weight is 370 g/mol. The van der Waals surface area contributed by atoms with Gasteiger partial charge in [0.1, 0.15) is 11.4 Å². The van der Waals surface area contributed by atoms with E-state index >= 15 is 0 Å². The van der Waals surface area contributed by atoms with E-state index in [0.717, 1.165) is 11.0 Å². The first kappa shape index (κ1) is 15.9. The van der Waals surface area contributed by atoms with E-state index in [1.165, 1.54) is 11.8 Å². The molecule has 0 bridgehead atoms. The molecule has 8 heteroatoms. The number of aromatic nitrogens is 4. The van der Waals surface area contributed by atoms with Crippen LogP contribution in [-0.2, 0) is 4.79 Å². The first-order chi connectivity index (χ1) is 12.2. The molecule has 2 heterocycles. The number of carbonyl (C=O) groups is 1. The zero-order chi connectivity index (χ0) is 17.2. The number of benzene rings is 2. The van der Waals surface area contributed by atoms with Gasteiger partial charge < -0.3 is 5.32 Å². The van der Waals surface area contributed by atoms with Crippen LogP contribution in [0.3, 0.4) is 0 Å². The number of carbonyl (C=O) groups excluding carboxylic acids is 1. The SMILES string of the molecule is O=C(CSc1nc2ccccc2n2cnnc12)Nc1cccc(Cl)c1. The van der Waals surface area contributed by atoms with Crippen molar-refractivity contribution < 1.29 is 4.79 Å². The fourth-order valence-electron chi connectivity index (χ4n) is 2.47. The predicted octanol–water partition coefficient (Wildman–Crippen LogP) is 3.66. The second kappa shape index (κ2) is 6.70. The molecule has 25 heavy (non-hydrogen) atoms. The number of thioether (sulfide) groups is 1. The molecule has 0 aliphatic heterocycles. The summed E-state index contributed by atoms with van der Waals surface area (Å²) in [5.74, 6) is 0.0697. The maximum Gasteiger partial charge on any atom is 0.234 e. The number of anilines is 1. The van der Waals surface area contributed by atoms with Crippen molar-refractivity contribution in [2.45, 2.75) is 5.03 Å². The molecular weight excluding hydrogens is 358 g/mol. The summed E-state index contributed by atoms with van der Waals surface area (Å²) >= 11 is 7.25. The molecule has 124 valence electrons. The van der Waals surface area contributed by atoms with Crippen molar-refractivity contribution in [1.82, 2.24) is 19.6 Å².